The van der Waals surface area contributed by atoms with Gasteiger partial charge in [0.05, 0.1) is 36.2 Å². The maximum atomic E-state index is 12.1. The molecule has 0 aliphatic rings. The molecule has 6 heteroatoms. The number of anilines is 2. The van der Waals surface area contributed by atoms with Crippen LogP contribution in [0.25, 0.3) is 0 Å². The van der Waals surface area contributed by atoms with Gasteiger partial charge in [-0.05, 0) is 26.0 Å². The molecule has 0 unspecified atom stereocenters. The molecule has 0 aliphatic carbocycles. The highest BCUT2D eigenvalue weighted by atomic mass is 16.5. The minimum atomic E-state index is -0.660. The minimum Gasteiger partial charge on any atom is -0.491 e. The number of carbonyl (C=O) groups is 2. The van der Waals surface area contributed by atoms with Crippen molar-refractivity contribution in [3.63, 3.8) is 0 Å². The summed E-state index contributed by atoms with van der Waals surface area (Å²) < 4.78 is 9.99. The van der Waals surface area contributed by atoms with Crippen LogP contribution in [-0.2, 0) is 4.74 Å². The Morgan fingerprint density at radius 2 is 1.90 bits per heavy atom. The molecule has 0 bridgehead atoms. The molecule has 0 atom stereocenters. The van der Waals surface area contributed by atoms with Crippen molar-refractivity contribution >= 4 is 23.1 Å². The van der Waals surface area contributed by atoms with E-state index in [1.165, 1.54) is 19.3 Å². The van der Waals surface area contributed by atoms with Crippen LogP contribution in [-0.4, -0.2) is 25.5 Å². The minimum absolute atomic E-state index is 0.0392. The van der Waals surface area contributed by atoms with Crippen LogP contribution in [0.1, 0.15) is 34.6 Å². The van der Waals surface area contributed by atoms with Crippen molar-refractivity contribution in [2.24, 2.45) is 0 Å². The number of allylic oxidation sites excluding steroid dienone is 2. The average molecular weight is 278 g/mol. The molecule has 1 rings (SSSR count). The third-order valence-electron chi connectivity index (χ3n) is 2.64. The third-order valence-corrected chi connectivity index (χ3v) is 2.64. The molecule has 4 N–H and O–H groups in total. The highest BCUT2D eigenvalue weighted by Crippen LogP contribution is 2.35. The van der Waals surface area contributed by atoms with Crippen LogP contribution in [0.3, 0.4) is 0 Å². The van der Waals surface area contributed by atoms with E-state index in [4.69, 9.17) is 16.2 Å². The quantitative estimate of drug-likeness (QED) is 0.368. The topological polar surface area (TPSA) is 105 Å². The zero-order chi connectivity index (χ0) is 15.3. The number of methoxy groups -OCH3 is 1. The van der Waals surface area contributed by atoms with Gasteiger partial charge in [-0.15, -0.1) is 0 Å². The average Bonchev–Trinajstić information content (AvgIpc) is 2.43. The van der Waals surface area contributed by atoms with Gasteiger partial charge in [-0.3, -0.25) is 4.79 Å². The summed E-state index contributed by atoms with van der Waals surface area (Å²) in [4.78, 5) is 23.7. The number of hydrogen-bond acceptors (Lipinski definition) is 6. The lowest BCUT2D eigenvalue weighted by atomic mass is 10.0. The van der Waals surface area contributed by atoms with Crippen LogP contribution in [0.5, 0.6) is 5.75 Å². The summed E-state index contributed by atoms with van der Waals surface area (Å²) >= 11 is 0. The van der Waals surface area contributed by atoms with E-state index < -0.39 is 5.97 Å². The van der Waals surface area contributed by atoms with Crippen LogP contribution in [0, 0.1) is 0 Å². The van der Waals surface area contributed by atoms with Gasteiger partial charge in [-0.1, -0.05) is 6.08 Å². The van der Waals surface area contributed by atoms with Crippen LogP contribution >= 0.6 is 0 Å². The number of nitrogen functional groups attached to an aromatic ring is 2. The van der Waals surface area contributed by atoms with Crippen molar-refractivity contribution in [3.8, 4) is 5.75 Å². The van der Waals surface area contributed by atoms with Gasteiger partial charge < -0.3 is 20.9 Å². The maximum absolute atomic E-state index is 12.1. The predicted octanol–water partition coefficient (Wildman–Crippen LogP) is 1.80. The first-order valence-corrected chi connectivity index (χ1v) is 6.07. The van der Waals surface area contributed by atoms with E-state index in [-0.39, 0.29) is 34.0 Å². The van der Waals surface area contributed by atoms with Gasteiger partial charge >= 0.3 is 5.97 Å². The molecular formula is C14H18N2O4. The highest BCUT2D eigenvalue weighted by molar-refractivity contribution is 6.11. The number of nitrogens with two attached hydrogens (primary N) is 2. The molecule has 0 aromatic heterocycles. The first-order valence-electron chi connectivity index (χ1n) is 6.07. The van der Waals surface area contributed by atoms with Gasteiger partial charge in [0.1, 0.15) is 0 Å². The SMILES string of the molecule is C/C=C/C(=O)c1cc(C(=O)OC)c(N)c(N)c1OCC. The summed E-state index contributed by atoms with van der Waals surface area (Å²) in [6, 6.07) is 1.34. The summed E-state index contributed by atoms with van der Waals surface area (Å²) in [6.45, 7) is 3.78. The number of benzene rings is 1. The Bertz CT molecular complexity index is 565. The molecule has 0 fully saturated rings. The normalized spacial score (nSPS) is 10.6. The number of esters is 1. The van der Waals surface area contributed by atoms with Gasteiger partial charge in [0.15, 0.2) is 11.5 Å². The Morgan fingerprint density at radius 3 is 2.40 bits per heavy atom. The Balaban J connectivity index is 3.56. The molecule has 1 aromatic carbocycles. The molecule has 20 heavy (non-hydrogen) atoms. The molecule has 0 saturated carbocycles. The van der Waals surface area contributed by atoms with Crippen LogP contribution < -0.4 is 16.2 Å². The predicted molar refractivity (Wildman–Crippen MR) is 76.9 cm³/mol. The number of carbonyl (C=O) groups excluding carboxylic acids is 2. The number of hydrogen-bond donors (Lipinski definition) is 2. The first-order chi connectivity index (χ1) is 9.47. The summed E-state index contributed by atoms with van der Waals surface area (Å²) in [5, 5.41) is 0. The molecule has 108 valence electrons. The van der Waals surface area contributed by atoms with Crippen molar-refractivity contribution in [2.45, 2.75) is 13.8 Å². The van der Waals surface area contributed by atoms with E-state index in [0.29, 0.717) is 6.61 Å². The van der Waals surface area contributed by atoms with Crippen LogP contribution in [0.2, 0.25) is 0 Å². The number of ether oxygens (including phenoxy) is 2. The molecule has 0 amide bonds. The van der Waals surface area contributed by atoms with Gasteiger partial charge in [-0.25, -0.2) is 4.79 Å². The smallest absolute Gasteiger partial charge is 0.340 e. The fraction of sp³-hybridized carbons (Fsp3) is 0.286. The van der Waals surface area contributed by atoms with Gasteiger partial charge in [0.25, 0.3) is 0 Å². The second kappa shape index (κ2) is 6.60. The van der Waals surface area contributed by atoms with Gasteiger partial charge in [0, 0.05) is 0 Å². The molecule has 0 radical (unpaired) electrons. The summed E-state index contributed by atoms with van der Waals surface area (Å²) in [5.74, 6) is -0.805. The fourth-order valence-corrected chi connectivity index (χ4v) is 1.70. The third kappa shape index (κ3) is 2.90. The highest BCUT2D eigenvalue weighted by Gasteiger charge is 2.22. The van der Waals surface area contributed by atoms with Crippen molar-refractivity contribution in [3.05, 3.63) is 29.3 Å². The largest absolute Gasteiger partial charge is 0.491 e. The van der Waals surface area contributed by atoms with E-state index >= 15 is 0 Å². The fourth-order valence-electron chi connectivity index (χ4n) is 1.70. The van der Waals surface area contributed by atoms with E-state index in [0.717, 1.165) is 0 Å². The van der Waals surface area contributed by atoms with Crippen molar-refractivity contribution in [1.29, 1.82) is 0 Å². The zero-order valence-corrected chi connectivity index (χ0v) is 11.7. The molecule has 6 nitrogen and oxygen atoms in total. The first kappa shape index (κ1) is 15.6. The molecule has 0 aliphatic heterocycles. The van der Waals surface area contributed by atoms with E-state index in [1.807, 2.05) is 0 Å². The number of rotatable bonds is 5. The van der Waals surface area contributed by atoms with E-state index in [2.05, 4.69) is 4.74 Å². The number of ketones is 1. The molecule has 0 heterocycles. The molecule has 1 aromatic rings. The van der Waals surface area contributed by atoms with E-state index in [9.17, 15) is 9.59 Å². The summed E-state index contributed by atoms with van der Waals surface area (Å²) in [7, 11) is 1.22. The lowest BCUT2D eigenvalue weighted by molar-refractivity contribution is 0.0602. The Kier molecular flexibility index (Phi) is 5.14. The van der Waals surface area contributed by atoms with Crippen LogP contribution in [0.4, 0.5) is 11.4 Å². The molecular weight excluding hydrogens is 260 g/mol. The van der Waals surface area contributed by atoms with E-state index in [1.54, 1.807) is 19.9 Å². The van der Waals surface area contributed by atoms with Gasteiger partial charge in [0.2, 0.25) is 0 Å². The molecule has 0 spiro atoms. The Hall–Kier alpha value is -2.50. The summed E-state index contributed by atoms with van der Waals surface area (Å²) in [5.41, 5.74) is 12.0. The Morgan fingerprint density at radius 1 is 1.25 bits per heavy atom. The van der Waals surface area contributed by atoms with Gasteiger partial charge in [-0.2, -0.15) is 0 Å². The molecule has 0 saturated heterocycles. The van der Waals surface area contributed by atoms with Crippen LogP contribution in [0.15, 0.2) is 18.2 Å². The lowest BCUT2D eigenvalue weighted by Crippen LogP contribution is -2.13. The zero-order valence-electron chi connectivity index (χ0n) is 11.7. The lowest BCUT2D eigenvalue weighted by Gasteiger charge is -2.15. The Labute approximate surface area is 117 Å². The second-order valence-corrected chi connectivity index (χ2v) is 3.92. The van der Waals surface area contributed by atoms with Crippen molar-refractivity contribution < 1.29 is 19.1 Å². The van der Waals surface area contributed by atoms with Crippen molar-refractivity contribution in [1.82, 2.24) is 0 Å². The summed E-state index contributed by atoms with van der Waals surface area (Å²) in [6.07, 6.45) is 2.94. The second-order valence-electron chi connectivity index (χ2n) is 3.92. The maximum Gasteiger partial charge on any atom is 0.340 e. The monoisotopic (exact) mass is 278 g/mol. The van der Waals surface area contributed by atoms with Crippen molar-refractivity contribution in [2.75, 3.05) is 25.2 Å². The standard InChI is InChI=1S/C14H18N2O4/c1-4-6-10(17)8-7-9(14(18)19-3)11(15)12(16)13(8)20-5-2/h4,6-7H,5,15-16H2,1-3H3/b6-4+.